The summed E-state index contributed by atoms with van der Waals surface area (Å²) < 4.78 is 38.8. The zero-order valence-corrected chi connectivity index (χ0v) is 19.3. The van der Waals surface area contributed by atoms with Gasteiger partial charge in [-0.2, -0.15) is 0 Å². The molecule has 7 nitrogen and oxygen atoms in total. The minimum atomic E-state index is -3.97. The molecule has 0 saturated carbocycles. The van der Waals surface area contributed by atoms with Crippen LogP contribution in [0.25, 0.3) is 0 Å². The van der Waals surface area contributed by atoms with E-state index < -0.39 is 10.0 Å². The average molecular weight is 461 g/mol. The topological polar surface area (TPSA) is 93.7 Å². The monoisotopic (exact) mass is 460 g/mol. The Bertz CT molecular complexity index is 1190. The van der Waals surface area contributed by atoms with E-state index in [1.54, 1.807) is 30.3 Å². The molecule has 1 heterocycles. The first kappa shape index (κ1) is 22.6. The third-order valence-corrected chi connectivity index (χ3v) is 7.17. The lowest BCUT2D eigenvalue weighted by Crippen LogP contribution is -2.15. The number of hydrogen-bond donors (Lipinski definition) is 2. The average Bonchev–Trinajstić information content (AvgIpc) is 3.15. The Morgan fingerprint density at radius 3 is 2.26 bits per heavy atom. The fourth-order valence-corrected chi connectivity index (χ4v) is 5.27. The van der Waals surface area contributed by atoms with Crippen molar-refractivity contribution in [2.45, 2.75) is 25.2 Å². The van der Waals surface area contributed by atoms with Crippen LogP contribution in [0.15, 0.2) is 53.4 Å². The fraction of sp³-hybridized carbons (Fsp3) is 0.227. The maximum absolute atomic E-state index is 13.0. The largest absolute Gasteiger partial charge is 0.497 e. The molecule has 164 valence electrons. The number of sulfonamides is 1. The molecule has 0 aliphatic heterocycles. The molecular formula is C22H24N2O5S2. The predicted molar refractivity (Wildman–Crippen MR) is 123 cm³/mol. The van der Waals surface area contributed by atoms with Crippen LogP contribution in [0.3, 0.4) is 0 Å². The summed E-state index contributed by atoms with van der Waals surface area (Å²) >= 11 is 1.41. The summed E-state index contributed by atoms with van der Waals surface area (Å²) in [7, 11) is -1.05. The molecule has 0 radical (unpaired) electrons. The molecular weight excluding hydrogens is 436 g/mol. The lowest BCUT2D eigenvalue weighted by molar-refractivity contribution is 0.103. The summed E-state index contributed by atoms with van der Waals surface area (Å²) in [5.41, 5.74) is 1.85. The van der Waals surface area contributed by atoms with Crippen LogP contribution in [0.1, 0.15) is 27.0 Å². The van der Waals surface area contributed by atoms with Crippen LogP contribution >= 0.6 is 11.3 Å². The molecule has 1 aromatic heterocycles. The van der Waals surface area contributed by atoms with Gasteiger partial charge in [-0.05, 0) is 67.4 Å². The molecule has 0 atom stereocenters. The van der Waals surface area contributed by atoms with Crippen molar-refractivity contribution >= 4 is 38.6 Å². The minimum absolute atomic E-state index is 0.0831. The van der Waals surface area contributed by atoms with Crippen molar-refractivity contribution < 1.29 is 22.7 Å². The number of thiophene rings is 1. The number of amides is 1. The van der Waals surface area contributed by atoms with Gasteiger partial charge in [0.1, 0.15) is 16.4 Å². The standard InChI is InChI=1S/C22H24N2O5S2/c1-5-15-12-20(30-14(15)2)22(25)23-17-8-11-19(29-4)21(13-17)31(26,27)24-16-6-9-18(28-3)10-7-16/h6-13,24H,5H2,1-4H3,(H,23,25). The summed E-state index contributed by atoms with van der Waals surface area (Å²) in [6, 6.07) is 12.8. The molecule has 3 aromatic rings. The Labute approximate surface area is 186 Å². The highest BCUT2D eigenvalue weighted by Gasteiger charge is 2.21. The Morgan fingerprint density at radius 1 is 1.00 bits per heavy atom. The first-order chi connectivity index (χ1) is 14.8. The highest BCUT2D eigenvalue weighted by molar-refractivity contribution is 7.92. The first-order valence-electron chi connectivity index (χ1n) is 9.53. The van der Waals surface area contributed by atoms with Gasteiger partial charge in [0.2, 0.25) is 0 Å². The van der Waals surface area contributed by atoms with Gasteiger partial charge in [0, 0.05) is 16.3 Å². The zero-order chi connectivity index (χ0) is 22.6. The van der Waals surface area contributed by atoms with Crippen molar-refractivity contribution in [3.63, 3.8) is 0 Å². The summed E-state index contributed by atoms with van der Waals surface area (Å²) in [6.45, 7) is 4.01. The van der Waals surface area contributed by atoms with Crippen molar-refractivity contribution in [1.29, 1.82) is 0 Å². The summed E-state index contributed by atoms with van der Waals surface area (Å²) in [4.78, 5) is 14.2. The molecule has 31 heavy (non-hydrogen) atoms. The number of hydrogen-bond acceptors (Lipinski definition) is 6. The molecule has 3 rings (SSSR count). The van der Waals surface area contributed by atoms with Gasteiger partial charge in [0.15, 0.2) is 0 Å². The molecule has 0 aliphatic rings. The lowest BCUT2D eigenvalue weighted by atomic mass is 10.2. The highest BCUT2D eigenvalue weighted by atomic mass is 32.2. The van der Waals surface area contributed by atoms with E-state index in [0.29, 0.717) is 22.0 Å². The van der Waals surface area contributed by atoms with Crippen molar-refractivity contribution in [2.24, 2.45) is 0 Å². The Morgan fingerprint density at radius 2 is 1.68 bits per heavy atom. The van der Waals surface area contributed by atoms with E-state index in [0.717, 1.165) is 16.9 Å². The summed E-state index contributed by atoms with van der Waals surface area (Å²) in [5.74, 6) is 0.490. The van der Waals surface area contributed by atoms with E-state index in [9.17, 15) is 13.2 Å². The van der Waals surface area contributed by atoms with E-state index in [1.165, 1.54) is 37.7 Å². The van der Waals surface area contributed by atoms with Crippen LogP contribution in [0.2, 0.25) is 0 Å². The predicted octanol–water partition coefficient (Wildman–Crippen LogP) is 4.69. The molecule has 2 N–H and O–H groups in total. The first-order valence-corrected chi connectivity index (χ1v) is 11.8. The molecule has 0 saturated heterocycles. The van der Waals surface area contributed by atoms with Crippen LogP contribution in [-0.2, 0) is 16.4 Å². The van der Waals surface area contributed by atoms with Gasteiger partial charge in [-0.3, -0.25) is 9.52 Å². The quantitative estimate of drug-likeness (QED) is 0.509. The number of anilines is 2. The number of rotatable bonds is 8. The van der Waals surface area contributed by atoms with Gasteiger partial charge in [-0.1, -0.05) is 6.92 Å². The Balaban J connectivity index is 1.87. The number of ether oxygens (including phenoxy) is 2. The molecule has 0 unspecified atom stereocenters. The van der Waals surface area contributed by atoms with Crippen molar-refractivity contribution in [1.82, 2.24) is 0 Å². The van der Waals surface area contributed by atoms with Crippen molar-refractivity contribution in [3.8, 4) is 11.5 Å². The van der Waals surface area contributed by atoms with Gasteiger partial charge in [-0.25, -0.2) is 8.42 Å². The smallest absolute Gasteiger partial charge is 0.265 e. The molecule has 1 amide bonds. The van der Waals surface area contributed by atoms with Gasteiger partial charge in [0.25, 0.3) is 15.9 Å². The number of nitrogens with one attached hydrogen (secondary N) is 2. The SMILES string of the molecule is CCc1cc(C(=O)Nc2ccc(OC)c(S(=O)(=O)Nc3ccc(OC)cc3)c2)sc1C. The second kappa shape index (κ2) is 9.40. The molecule has 0 bridgehead atoms. The fourth-order valence-electron chi connectivity index (χ4n) is 3.01. The van der Waals surface area contributed by atoms with E-state index in [-0.39, 0.29) is 16.6 Å². The lowest BCUT2D eigenvalue weighted by Gasteiger charge is -2.14. The van der Waals surface area contributed by atoms with E-state index in [1.807, 2.05) is 19.9 Å². The van der Waals surface area contributed by atoms with Gasteiger partial charge >= 0.3 is 0 Å². The van der Waals surface area contributed by atoms with Crippen LogP contribution in [0, 0.1) is 6.92 Å². The van der Waals surface area contributed by atoms with E-state index >= 15 is 0 Å². The summed E-state index contributed by atoms with van der Waals surface area (Å²) in [6.07, 6.45) is 0.845. The zero-order valence-electron chi connectivity index (χ0n) is 17.7. The van der Waals surface area contributed by atoms with Crippen molar-refractivity contribution in [2.75, 3.05) is 24.3 Å². The number of carbonyl (C=O) groups excluding carboxylic acids is 1. The third-order valence-electron chi connectivity index (χ3n) is 4.68. The van der Waals surface area contributed by atoms with Gasteiger partial charge in [0.05, 0.1) is 19.1 Å². The number of methoxy groups -OCH3 is 2. The van der Waals surface area contributed by atoms with E-state index in [4.69, 9.17) is 9.47 Å². The molecule has 0 spiro atoms. The van der Waals surface area contributed by atoms with E-state index in [2.05, 4.69) is 10.0 Å². The maximum Gasteiger partial charge on any atom is 0.265 e. The maximum atomic E-state index is 13.0. The summed E-state index contributed by atoms with van der Waals surface area (Å²) in [5, 5.41) is 2.77. The van der Waals surface area contributed by atoms with Crippen molar-refractivity contribution in [3.05, 3.63) is 63.8 Å². The van der Waals surface area contributed by atoms with Crippen LogP contribution < -0.4 is 19.5 Å². The molecule has 9 heteroatoms. The molecule has 2 aromatic carbocycles. The van der Waals surface area contributed by atoms with Gasteiger partial charge < -0.3 is 14.8 Å². The van der Waals surface area contributed by atoms with Crippen LogP contribution in [-0.4, -0.2) is 28.5 Å². The molecule has 0 aliphatic carbocycles. The third kappa shape index (κ3) is 5.18. The Kier molecular flexibility index (Phi) is 6.87. The minimum Gasteiger partial charge on any atom is -0.497 e. The number of benzene rings is 2. The number of aryl methyl sites for hydroxylation is 2. The van der Waals surface area contributed by atoms with Crippen LogP contribution in [0.5, 0.6) is 11.5 Å². The normalized spacial score (nSPS) is 11.1. The van der Waals surface area contributed by atoms with Gasteiger partial charge in [-0.15, -0.1) is 11.3 Å². The highest BCUT2D eigenvalue weighted by Crippen LogP contribution is 2.30. The molecule has 0 fully saturated rings. The Hall–Kier alpha value is -3.04. The van der Waals surface area contributed by atoms with Crippen LogP contribution in [0.4, 0.5) is 11.4 Å². The number of carbonyl (C=O) groups is 1. The second-order valence-electron chi connectivity index (χ2n) is 6.70. The second-order valence-corrected chi connectivity index (χ2v) is 9.61.